The minimum Gasteiger partial charge on any atom is -0.379 e. The molecule has 0 bridgehead atoms. The van der Waals surface area contributed by atoms with Crippen molar-refractivity contribution in [3.8, 4) is 11.5 Å². The molecule has 3 heterocycles. The molecule has 1 amide bonds. The van der Waals surface area contributed by atoms with Gasteiger partial charge in [-0.2, -0.15) is 5.10 Å². The van der Waals surface area contributed by atoms with Crippen molar-refractivity contribution in [1.82, 2.24) is 24.2 Å². The Morgan fingerprint density at radius 3 is 2.38 bits per heavy atom. The molecule has 276 valence electrons. The van der Waals surface area contributed by atoms with Gasteiger partial charge >= 0.3 is 0 Å². The predicted molar refractivity (Wildman–Crippen MR) is 203 cm³/mol. The number of hydrogen-bond acceptors (Lipinski definition) is 7. The Labute approximate surface area is 299 Å². The highest BCUT2D eigenvalue weighted by Crippen LogP contribution is 2.60. The number of fused-ring (bicyclic) bond motifs is 3. The number of anilines is 1. The molecule has 0 spiro atoms. The van der Waals surface area contributed by atoms with E-state index in [1.807, 2.05) is 29.2 Å². The highest BCUT2D eigenvalue weighted by molar-refractivity contribution is 6.76. The highest BCUT2D eigenvalue weighted by Gasteiger charge is 2.54. The molecule has 0 N–H and O–H groups in total. The molecule has 2 fully saturated rings. The van der Waals surface area contributed by atoms with Crippen LogP contribution in [0.3, 0.4) is 0 Å². The van der Waals surface area contributed by atoms with E-state index >= 15 is 4.39 Å². The third-order valence-electron chi connectivity index (χ3n) is 11.0. The standard InChI is InChI=1S/C37H59FN6O4Si2/c1-10-42(36(45)26(2)41-11-13-46-14-12-41)28-20-30(38)34-31(21-28)43(24-47-15-17-49(4,5)6)35(39-34)33-29-19-27-22-37(27,3)23-32(29)44(40-33)25-48-16-18-50(7,8)9/h20-21,26-27H,10-19,22-25H2,1-9H3/t26?,27-,37-/m1/s1. The lowest BCUT2D eigenvalue weighted by Gasteiger charge is -2.34. The molecule has 1 aromatic carbocycles. The van der Waals surface area contributed by atoms with Crippen molar-refractivity contribution in [3.05, 3.63) is 29.2 Å². The fourth-order valence-electron chi connectivity index (χ4n) is 7.41. The van der Waals surface area contributed by atoms with Gasteiger partial charge in [0.2, 0.25) is 5.91 Å². The minimum absolute atomic E-state index is 0.0553. The lowest BCUT2D eigenvalue weighted by molar-refractivity contribution is -0.124. The number of amides is 1. The smallest absolute Gasteiger partial charge is 0.244 e. The number of morpholine rings is 1. The third-order valence-corrected chi connectivity index (χ3v) is 14.4. The van der Waals surface area contributed by atoms with E-state index in [1.165, 1.54) is 23.7 Å². The van der Waals surface area contributed by atoms with E-state index in [9.17, 15) is 4.79 Å². The first-order valence-corrected chi connectivity index (χ1v) is 26.1. The fraction of sp³-hybridized carbons (Fsp3) is 0.703. The van der Waals surface area contributed by atoms with Gasteiger partial charge in [0.05, 0.1) is 24.8 Å². The van der Waals surface area contributed by atoms with Crippen LogP contribution in [0.15, 0.2) is 12.1 Å². The van der Waals surface area contributed by atoms with Gasteiger partial charge in [-0.25, -0.2) is 14.1 Å². The highest BCUT2D eigenvalue weighted by atomic mass is 28.3. The van der Waals surface area contributed by atoms with Crippen molar-refractivity contribution >= 4 is 38.8 Å². The summed E-state index contributed by atoms with van der Waals surface area (Å²) in [5.41, 5.74) is 4.90. The van der Waals surface area contributed by atoms with E-state index < -0.39 is 22.0 Å². The molecule has 3 aliphatic rings. The van der Waals surface area contributed by atoms with E-state index in [1.54, 1.807) is 4.90 Å². The van der Waals surface area contributed by atoms with E-state index in [0.717, 1.165) is 30.6 Å². The SMILES string of the molecule is CCN(C(=O)C(C)N1CCOCC1)c1cc(F)c2nc(-c3nn(COCC[Si](C)(C)C)c4c3C[C@@H]3C[C@]3(C)C4)n(COCC[Si](C)(C)C)c2c1. The van der Waals surface area contributed by atoms with Crippen LogP contribution in [-0.2, 0) is 45.3 Å². The second-order valence-corrected chi connectivity index (χ2v) is 28.7. The molecule has 2 aliphatic carbocycles. The molecule has 3 aromatic rings. The van der Waals surface area contributed by atoms with Gasteiger partial charge in [0.15, 0.2) is 11.6 Å². The largest absolute Gasteiger partial charge is 0.379 e. The van der Waals surface area contributed by atoms with Crippen LogP contribution in [0.5, 0.6) is 0 Å². The summed E-state index contributed by atoms with van der Waals surface area (Å²) in [5, 5.41) is 5.18. The molecule has 1 saturated carbocycles. The van der Waals surface area contributed by atoms with Crippen molar-refractivity contribution in [2.45, 2.75) is 111 Å². The number of carbonyl (C=O) groups excluding carboxylic acids is 1. The second kappa shape index (κ2) is 14.5. The summed E-state index contributed by atoms with van der Waals surface area (Å²) >= 11 is 0. The van der Waals surface area contributed by atoms with Crippen molar-refractivity contribution in [2.75, 3.05) is 51.0 Å². The number of likely N-dealkylation sites (N-methyl/N-ethyl adjacent to an activating group) is 1. The summed E-state index contributed by atoms with van der Waals surface area (Å²) in [6.07, 6.45) is 3.09. The zero-order chi connectivity index (χ0) is 36.0. The lowest BCUT2D eigenvalue weighted by atomic mass is 9.87. The van der Waals surface area contributed by atoms with E-state index in [2.05, 4.69) is 51.1 Å². The zero-order valence-corrected chi connectivity index (χ0v) is 33.9. The van der Waals surface area contributed by atoms with Gasteiger partial charge in [0.25, 0.3) is 0 Å². The Bertz CT molecular complexity index is 1690. The van der Waals surface area contributed by atoms with Gasteiger partial charge < -0.3 is 19.1 Å². The maximum Gasteiger partial charge on any atom is 0.244 e. The molecule has 6 rings (SSSR count). The average molecular weight is 727 g/mol. The lowest BCUT2D eigenvalue weighted by Crippen LogP contribution is -2.51. The van der Waals surface area contributed by atoms with Crippen molar-refractivity contribution in [2.24, 2.45) is 11.3 Å². The maximum atomic E-state index is 16.3. The van der Waals surface area contributed by atoms with Gasteiger partial charge in [0.1, 0.15) is 24.7 Å². The number of halogens is 1. The normalized spacial score (nSPS) is 21.7. The topological polar surface area (TPSA) is 86.9 Å². The van der Waals surface area contributed by atoms with Crippen LogP contribution in [-0.4, -0.2) is 98.4 Å². The van der Waals surface area contributed by atoms with Crippen LogP contribution >= 0.6 is 0 Å². The van der Waals surface area contributed by atoms with Gasteiger partial charge in [-0.05, 0) is 62.6 Å². The van der Waals surface area contributed by atoms with Crippen molar-refractivity contribution in [1.29, 1.82) is 0 Å². The monoisotopic (exact) mass is 726 g/mol. The Balaban J connectivity index is 1.39. The number of rotatable bonds is 15. The molecular weight excluding hydrogens is 668 g/mol. The first kappa shape index (κ1) is 37.3. The van der Waals surface area contributed by atoms with Gasteiger partial charge in [-0.3, -0.25) is 14.3 Å². The van der Waals surface area contributed by atoms with Crippen LogP contribution < -0.4 is 4.90 Å². The average Bonchev–Trinajstić information content (AvgIpc) is 3.41. The summed E-state index contributed by atoms with van der Waals surface area (Å²) < 4.78 is 38.4. The molecule has 10 nitrogen and oxygen atoms in total. The summed E-state index contributed by atoms with van der Waals surface area (Å²) in [7, 11) is -2.57. The van der Waals surface area contributed by atoms with Crippen LogP contribution in [0.1, 0.15) is 38.4 Å². The molecular formula is C37H59FN6O4Si2. The van der Waals surface area contributed by atoms with Gasteiger partial charge in [-0.1, -0.05) is 46.2 Å². The Morgan fingerprint density at radius 1 is 1.08 bits per heavy atom. The van der Waals surface area contributed by atoms with Crippen molar-refractivity contribution < 1.29 is 23.4 Å². The number of benzene rings is 1. The molecule has 1 unspecified atom stereocenters. The second-order valence-electron chi connectivity index (χ2n) is 17.5. The third kappa shape index (κ3) is 8.12. The molecule has 3 atom stereocenters. The first-order valence-electron chi connectivity index (χ1n) is 18.7. The Kier molecular flexibility index (Phi) is 10.9. The molecule has 2 aromatic heterocycles. The molecule has 0 radical (unpaired) electrons. The number of aromatic nitrogens is 4. The van der Waals surface area contributed by atoms with Crippen LogP contribution in [0.2, 0.25) is 51.4 Å². The number of nitrogens with zero attached hydrogens (tertiary/aromatic N) is 6. The molecule has 1 aliphatic heterocycles. The van der Waals surface area contributed by atoms with Crippen LogP contribution in [0.4, 0.5) is 10.1 Å². The quantitative estimate of drug-likeness (QED) is 0.125. The van der Waals surface area contributed by atoms with Crippen LogP contribution in [0.25, 0.3) is 22.6 Å². The zero-order valence-electron chi connectivity index (χ0n) is 31.9. The number of carbonyl (C=O) groups is 1. The number of imidazole rings is 1. The molecule has 13 heteroatoms. The summed E-state index contributed by atoms with van der Waals surface area (Å²) in [6.45, 7) is 25.3. The summed E-state index contributed by atoms with van der Waals surface area (Å²) in [6, 6.07) is 5.13. The van der Waals surface area contributed by atoms with E-state index in [-0.39, 0.29) is 24.2 Å². The Hall–Kier alpha value is -2.43. The van der Waals surface area contributed by atoms with Crippen molar-refractivity contribution in [3.63, 3.8) is 0 Å². The van der Waals surface area contributed by atoms with Gasteiger partial charge in [0, 0.05) is 72.0 Å². The maximum absolute atomic E-state index is 16.3. The minimum atomic E-state index is -1.33. The number of hydrogen-bond donors (Lipinski definition) is 0. The van der Waals surface area contributed by atoms with Crippen LogP contribution in [0, 0.1) is 17.2 Å². The van der Waals surface area contributed by atoms with E-state index in [4.69, 9.17) is 24.3 Å². The van der Waals surface area contributed by atoms with Gasteiger partial charge in [-0.15, -0.1) is 0 Å². The fourth-order valence-corrected chi connectivity index (χ4v) is 8.92. The number of ether oxygens (including phenoxy) is 3. The molecule has 50 heavy (non-hydrogen) atoms. The molecule has 1 saturated heterocycles. The Morgan fingerprint density at radius 2 is 1.74 bits per heavy atom. The summed E-state index contributed by atoms with van der Waals surface area (Å²) in [4.78, 5) is 22.7. The summed E-state index contributed by atoms with van der Waals surface area (Å²) in [5.74, 6) is 0.718. The predicted octanol–water partition coefficient (Wildman–Crippen LogP) is 6.86. The first-order chi connectivity index (χ1) is 23.6. The van der Waals surface area contributed by atoms with E-state index in [0.29, 0.717) is 81.2 Å².